The number of hydrogen-bond donors (Lipinski definition) is 2. The van der Waals surface area contributed by atoms with E-state index in [4.69, 9.17) is 0 Å². The standard InChI is InChI=1S/C23H23N3O2S/c1-15-25-21(14-29-15)17-7-5-16(6-8-17)11-12-24-22(27)19-3-2-4-20(13-19)26-23(28)18-9-10-18/h2-8,13-14,18H,9-12H2,1H3,(H,24,27)(H,26,28). The van der Waals surface area contributed by atoms with Crippen LogP contribution in [0.4, 0.5) is 5.69 Å². The van der Waals surface area contributed by atoms with Crippen LogP contribution in [0.25, 0.3) is 11.3 Å². The van der Waals surface area contributed by atoms with Crippen LogP contribution in [0.15, 0.2) is 53.9 Å². The van der Waals surface area contributed by atoms with Gasteiger partial charge in [0, 0.05) is 34.7 Å². The van der Waals surface area contributed by atoms with Crippen LogP contribution in [-0.4, -0.2) is 23.3 Å². The number of aromatic nitrogens is 1. The van der Waals surface area contributed by atoms with Gasteiger partial charge in [-0.05, 0) is 49.9 Å². The van der Waals surface area contributed by atoms with Gasteiger partial charge in [-0.15, -0.1) is 11.3 Å². The van der Waals surface area contributed by atoms with Crippen molar-refractivity contribution in [1.82, 2.24) is 10.3 Å². The molecule has 0 atom stereocenters. The first-order valence-corrected chi connectivity index (χ1v) is 10.7. The number of rotatable bonds is 7. The summed E-state index contributed by atoms with van der Waals surface area (Å²) in [7, 11) is 0. The molecule has 1 fully saturated rings. The minimum Gasteiger partial charge on any atom is -0.352 e. The van der Waals surface area contributed by atoms with Crippen LogP contribution in [0, 0.1) is 12.8 Å². The van der Waals surface area contributed by atoms with Crippen LogP contribution >= 0.6 is 11.3 Å². The highest BCUT2D eigenvalue weighted by Crippen LogP contribution is 2.30. The number of nitrogens with zero attached hydrogens (tertiary/aromatic N) is 1. The quantitative estimate of drug-likeness (QED) is 0.610. The zero-order valence-electron chi connectivity index (χ0n) is 16.3. The molecule has 5 nitrogen and oxygen atoms in total. The molecule has 1 heterocycles. The summed E-state index contributed by atoms with van der Waals surface area (Å²) in [6.07, 6.45) is 2.66. The van der Waals surface area contributed by atoms with Gasteiger partial charge >= 0.3 is 0 Å². The predicted octanol–water partition coefficient (Wildman–Crippen LogP) is 4.44. The average molecular weight is 406 g/mol. The topological polar surface area (TPSA) is 71.1 Å². The second-order valence-corrected chi connectivity index (χ2v) is 8.36. The molecule has 0 aliphatic heterocycles. The van der Waals surface area contributed by atoms with Gasteiger partial charge < -0.3 is 10.6 Å². The van der Waals surface area contributed by atoms with Crippen LogP contribution in [0.3, 0.4) is 0 Å². The zero-order valence-corrected chi connectivity index (χ0v) is 17.1. The maximum absolute atomic E-state index is 12.4. The first kappa shape index (κ1) is 19.3. The van der Waals surface area contributed by atoms with Crippen LogP contribution in [0.1, 0.15) is 33.8 Å². The third-order valence-corrected chi connectivity index (χ3v) is 5.68. The van der Waals surface area contributed by atoms with Crippen molar-refractivity contribution in [2.45, 2.75) is 26.2 Å². The fraction of sp³-hybridized carbons (Fsp3) is 0.261. The summed E-state index contributed by atoms with van der Waals surface area (Å²) in [6, 6.07) is 15.4. The van der Waals surface area contributed by atoms with Crippen molar-refractivity contribution in [1.29, 1.82) is 0 Å². The minimum absolute atomic E-state index is 0.0406. The Morgan fingerprint density at radius 1 is 1.14 bits per heavy atom. The number of carbonyl (C=O) groups excluding carboxylic acids is 2. The van der Waals surface area contributed by atoms with E-state index < -0.39 is 0 Å². The van der Waals surface area contributed by atoms with Crippen molar-refractivity contribution in [2.24, 2.45) is 5.92 Å². The molecular weight excluding hydrogens is 382 g/mol. The molecule has 2 N–H and O–H groups in total. The molecule has 0 unspecified atom stereocenters. The largest absolute Gasteiger partial charge is 0.352 e. The first-order chi connectivity index (χ1) is 14.1. The number of nitrogens with one attached hydrogen (secondary N) is 2. The molecule has 4 rings (SSSR count). The van der Waals surface area contributed by atoms with Crippen molar-refractivity contribution in [3.63, 3.8) is 0 Å². The van der Waals surface area contributed by atoms with E-state index in [9.17, 15) is 9.59 Å². The number of thiazole rings is 1. The van der Waals surface area contributed by atoms with Crippen molar-refractivity contribution in [3.8, 4) is 11.3 Å². The molecule has 1 aliphatic rings. The Labute approximate surface area is 174 Å². The molecule has 0 saturated heterocycles. The molecular formula is C23H23N3O2S. The van der Waals surface area contributed by atoms with Crippen molar-refractivity contribution in [2.75, 3.05) is 11.9 Å². The lowest BCUT2D eigenvalue weighted by molar-refractivity contribution is -0.117. The van der Waals surface area contributed by atoms with Crippen LogP contribution in [-0.2, 0) is 11.2 Å². The van der Waals surface area contributed by atoms with E-state index >= 15 is 0 Å². The number of anilines is 1. The van der Waals surface area contributed by atoms with Gasteiger partial charge in [-0.1, -0.05) is 30.3 Å². The van der Waals surface area contributed by atoms with E-state index in [0.29, 0.717) is 17.8 Å². The molecule has 3 aromatic rings. The van der Waals surface area contributed by atoms with E-state index in [0.717, 1.165) is 41.1 Å². The van der Waals surface area contributed by atoms with Crippen molar-refractivity contribution < 1.29 is 9.59 Å². The number of carbonyl (C=O) groups is 2. The second kappa shape index (κ2) is 8.57. The highest BCUT2D eigenvalue weighted by Gasteiger charge is 2.29. The summed E-state index contributed by atoms with van der Waals surface area (Å²) in [5.74, 6) is 0.0410. The molecule has 1 saturated carbocycles. The van der Waals surface area contributed by atoms with Gasteiger partial charge in [0.05, 0.1) is 10.7 Å². The molecule has 1 aromatic heterocycles. The fourth-order valence-electron chi connectivity index (χ4n) is 3.09. The van der Waals surface area contributed by atoms with Gasteiger partial charge in [-0.25, -0.2) is 4.98 Å². The molecule has 148 valence electrons. The first-order valence-electron chi connectivity index (χ1n) is 9.79. The van der Waals surface area contributed by atoms with E-state index in [1.165, 1.54) is 0 Å². The zero-order chi connectivity index (χ0) is 20.2. The minimum atomic E-state index is -0.137. The SMILES string of the molecule is Cc1nc(-c2ccc(CCNC(=O)c3cccc(NC(=O)C4CC4)c3)cc2)cs1. The lowest BCUT2D eigenvalue weighted by Crippen LogP contribution is -2.25. The Balaban J connectivity index is 1.29. The second-order valence-electron chi connectivity index (χ2n) is 7.30. The molecule has 29 heavy (non-hydrogen) atoms. The predicted molar refractivity (Wildman–Crippen MR) is 116 cm³/mol. The highest BCUT2D eigenvalue weighted by molar-refractivity contribution is 7.09. The Hall–Kier alpha value is -2.99. The Kier molecular flexibility index (Phi) is 5.71. The summed E-state index contributed by atoms with van der Waals surface area (Å²) in [5.41, 5.74) is 4.48. The van der Waals surface area contributed by atoms with Crippen molar-refractivity contribution >= 4 is 28.8 Å². The molecule has 2 aromatic carbocycles. The van der Waals surface area contributed by atoms with Gasteiger partial charge in [0.15, 0.2) is 0 Å². The maximum atomic E-state index is 12.4. The van der Waals surface area contributed by atoms with Gasteiger partial charge in [0.25, 0.3) is 5.91 Å². The van der Waals surface area contributed by atoms with Crippen molar-refractivity contribution in [3.05, 3.63) is 70.0 Å². The molecule has 6 heteroatoms. The Morgan fingerprint density at radius 3 is 2.62 bits per heavy atom. The van der Waals surface area contributed by atoms with Crippen LogP contribution in [0.2, 0.25) is 0 Å². The molecule has 0 radical (unpaired) electrons. The van der Waals surface area contributed by atoms with E-state index in [1.54, 1.807) is 29.5 Å². The monoisotopic (exact) mass is 405 g/mol. The number of hydrogen-bond acceptors (Lipinski definition) is 4. The Morgan fingerprint density at radius 2 is 1.93 bits per heavy atom. The summed E-state index contributed by atoms with van der Waals surface area (Å²) >= 11 is 1.65. The van der Waals surface area contributed by atoms with E-state index in [2.05, 4.69) is 45.3 Å². The van der Waals surface area contributed by atoms with Gasteiger partial charge in [-0.2, -0.15) is 0 Å². The third kappa shape index (κ3) is 5.09. The molecule has 0 bridgehead atoms. The highest BCUT2D eigenvalue weighted by atomic mass is 32.1. The lowest BCUT2D eigenvalue weighted by Gasteiger charge is -2.08. The molecule has 2 amide bonds. The maximum Gasteiger partial charge on any atom is 0.251 e. The summed E-state index contributed by atoms with van der Waals surface area (Å²) in [5, 5.41) is 8.95. The number of aryl methyl sites for hydroxylation is 1. The summed E-state index contributed by atoms with van der Waals surface area (Å²) in [6.45, 7) is 2.55. The fourth-order valence-corrected chi connectivity index (χ4v) is 3.71. The van der Waals surface area contributed by atoms with E-state index in [-0.39, 0.29) is 17.7 Å². The van der Waals surface area contributed by atoms with Gasteiger partial charge in [0.2, 0.25) is 5.91 Å². The van der Waals surface area contributed by atoms with E-state index in [1.807, 2.05) is 13.0 Å². The number of benzene rings is 2. The van der Waals surface area contributed by atoms with Crippen LogP contribution < -0.4 is 10.6 Å². The molecule has 1 aliphatic carbocycles. The normalized spacial score (nSPS) is 13.1. The number of amides is 2. The smallest absolute Gasteiger partial charge is 0.251 e. The lowest BCUT2D eigenvalue weighted by atomic mass is 10.1. The third-order valence-electron chi connectivity index (χ3n) is 4.91. The Bertz CT molecular complexity index is 1020. The molecule has 0 spiro atoms. The van der Waals surface area contributed by atoms with Gasteiger partial charge in [-0.3, -0.25) is 9.59 Å². The van der Waals surface area contributed by atoms with Crippen LogP contribution in [0.5, 0.6) is 0 Å². The van der Waals surface area contributed by atoms with Gasteiger partial charge in [0.1, 0.15) is 0 Å². The summed E-state index contributed by atoms with van der Waals surface area (Å²) in [4.78, 5) is 28.8. The summed E-state index contributed by atoms with van der Waals surface area (Å²) < 4.78 is 0. The average Bonchev–Trinajstić information content (AvgIpc) is 3.50.